The average molecular weight is 616 g/mol. The summed E-state index contributed by atoms with van der Waals surface area (Å²) in [6.45, 7) is 8.74. The molecule has 4 rings (SSSR count). The van der Waals surface area contributed by atoms with Crippen molar-refractivity contribution in [2.45, 2.75) is 52.4 Å². The van der Waals surface area contributed by atoms with E-state index in [2.05, 4.69) is 10.3 Å². The van der Waals surface area contributed by atoms with E-state index in [1.165, 1.54) is 25.3 Å². The van der Waals surface area contributed by atoms with Crippen LogP contribution < -0.4 is 15.0 Å². The Kier molecular flexibility index (Phi) is 8.74. The molecule has 1 aromatic heterocycles. The normalized spacial score (nSPS) is 12.6. The molecule has 226 valence electrons. The van der Waals surface area contributed by atoms with Crippen molar-refractivity contribution in [1.82, 2.24) is 10.3 Å². The lowest BCUT2D eigenvalue weighted by Crippen LogP contribution is -2.50. The molecule has 4 aromatic rings. The first kappa shape index (κ1) is 31.7. The summed E-state index contributed by atoms with van der Waals surface area (Å²) < 4.78 is 62.8. The number of alkyl halides is 3. The lowest BCUT2D eigenvalue weighted by Gasteiger charge is -2.35. The number of nitrogens with one attached hydrogen (secondary N) is 1. The minimum atomic E-state index is -5.09. The highest BCUT2D eigenvalue weighted by atomic mass is 35.5. The molecule has 0 saturated heterocycles. The number of carbonyl (C=O) groups is 2. The third-order valence-electron chi connectivity index (χ3n) is 6.62. The summed E-state index contributed by atoms with van der Waals surface area (Å²) in [5.74, 6) is -2.72. The molecular formula is C32H30ClF4N3O3. The molecule has 43 heavy (non-hydrogen) atoms. The fourth-order valence-corrected chi connectivity index (χ4v) is 5.10. The molecule has 6 nitrogen and oxygen atoms in total. The number of hydrogen-bond donors (Lipinski definition) is 1. The molecule has 1 heterocycles. The van der Waals surface area contributed by atoms with Crippen LogP contribution in [0.2, 0.25) is 5.15 Å². The largest absolute Gasteiger partial charge is 0.497 e. The van der Waals surface area contributed by atoms with E-state index in [1.54, 1.807) is 39.0 Å². The maximum Gasteiger partial charge on any atom is 0.418 e. The van der Waals surface area contributed by atoms with Gasteiger partial charge in [0.25, 0.3) is 5.91 Å². The van der Waals surface area contributed by atoms with Crippen molar-refractivity contribution < 1.29 is 31.9 Å². The molecule has 0 spiro atoms. The summed E-state index contributed by atoms with van der Waals surface area (Å²) in [6, 6.07) is 11.1. The zero-order valence-corrected chi connectivity index (χ0v) is 25.1. The number of pyridine rings is 1. The summed E-state index contributed by atoms with van der Waals surface area (Å²) in [4.78, 5) is 33.6. The van der Waals surface area contributed by atoms with Gasteiger partial charge in [-0.2, -0.15) is 13.2 Å². The van der Waals surface area contributed by atoms with E-state index in [9.17, 15) is 27.2 Å². The Bertz CT molecular complexity index is 1720. The SMILES string of the molecule is COc1cccc(C(=O)N(c2ccc(F)cc2C(F)(F)F)C(C(=O)NC(C)(C)C)c2cc3c(C)cc(C)cc3nc2Cl)c1. The van der Waals surface area contributed by atoms with Gasteiger partial charge in [-0.05, 0) is 94.3 Å². The zero-order chi connectivity index (χ0) is 31.9. The van der Waals surface area contributed by atoms with Gasteiger partial charge in [0.1, 0.15) is 22.8 Å². The minimum Gasteiger partial charge on any atom is -0.497 e. The van der Waals surface area contributed by atoms with Gasteiger partial charge in [0.05, 0.1) is 23.9 Å². The van der Waals surface area contributed by atoms with Crippen molar-refractivity contribution in [3.05, 3.63) is 99.5 Å². The van der Waals surface area contributed by atoms with E-state index >= 15 is 0 Å². The van der Waals surface area contributed by atoms with Crippen molar-refractivity contribution in [3.63, 3.8) is 0 Å². The predicted octanol–water partition coefficient (Wildman–Crippen LogP) is 7.97. The van der Waals surface area contributed by atoms with Gasteiger partial charge in [0, 0.05) is 22.1 Å². The van der Waals surface area contributed by atoms with Crippen molar-refractivity contribution in [3.8, 4) is 5.75 Å². The van der Waals surface area contributed by atoms with Crippen LogP contribution in [-0.2, 0) is 11.0 Å². The van der Waals surface area contributed by atoms with E-state index in [0.717, 1.165) is 23.3 Å². The van der Waals surface area contributed by atoms with Gasteiger partial charge in [0.15, 0.2) is 0 Å². The Morgan fingerprint density at radius 1 is 1.00 bits per heavy atom. The molecule has 11 heteroatoms. The van der Waals surface area contributed by atoms with E-state index in [1.807, 2.05) is 19.9 Å². The van der Waals surface area contributed by atoms with Crippen LogP contribution in [0.25, 0.3) is 10.9 Å². The standard InChI is InChI=1S/C32H30ClF4N3O3/c1-17-12-18(2)22-16-23(28(33)38-25(22)13-17)27(29(41)39-31(3,4)5)40(30(42)19-8-7-9-21(14-19)43-6)26-11-10-20(34)15-24(26)32(35,36)37/h7-16,27H,1-6H3,(H,39,41). The number of rotatable bonds is 6. The number of halogens is 5. The first-order chi connectivity index (χ1) is 20.0. The van der Waals surface area contributed by atoms with Crippen LogP contribution in [0.3, 0.4) is 0 Å². The van der Waals surface area contributed by atoms with Gasteiger partial charge in [-0.3, -0.25) is 14.5 Å². The molecule has 3 aromatic carbocycles. The molecule has 0 aliphatic heterocycles. The van der Waals surface area contributed by atoms with Crippen molar-refractivity contribution >= 4 is 40.0 Å². The number of ether oxygens (including phenoxy) is 1. The topological polar surface area (TPSA) is 71.5 Å². The number of methoxy groups -OCH3 is 1. The predicted molar refractivity (Wildman–Crippen MR) is 158 cm³/mol. The van der Waals surface area contributed by atoms with E-state index in [0.29, 0.717) is 15.8 Å². The lowest BCUT2D eigenvalue weighted by atomic mass is 9.97. The van der Waals surface area contributed by atoms with E-state index in [4.69, 9.17) is 16.3 Å². The molecule has 0 bridgehead atoms. The molecule has 0 aliphatic rings. The number of hydrogen-bond acceptors (Lipinski definition) is 4. The second-order valence-electron chi connectivity index (χ2n) is 11.2. The number of benzene rings is 3. The molecule has 2 amide bonds. The maximum absolute atomic E-state index is 14.4. The van der Waals surface area contributed by atoms with Crippen molar-refractivity contribution in [2.24, 2.45) is 0 Å². The fourth-order valence-electron chi connectivity index (χ4n) is 4.86. The zero-order valence-electron chi connectivity index (χ0n) is 24.4. The Balaban J connectivity index is 2.11. The highest BCUT2D eigenvalue weighted by Crippen LogP contribution is 2.42. The molecule has 0 fully saturated rings. The van der Waals surface area contributed by atoms with E-state index < -0.39 is 46.6 Å². The van der Waals surface area contributed by atoms with Crippen LogP contribution in [0.1, 0.15) is 59.4 Å². The first-order valence-corrected chi connectivity index (χ1v) is 13.6. The van der Waals surface area contributed by atoms with Gasteiger partial charge in [-0.25, -0.2) is 9.37 Å². The first-order valence-electron chi connectivity index (χ1n) is 13.2. The number of amides is 2. The summed E-state index contributed by atoms with van der Waals surface area (Å²) in [6.07, 6.45) is -5.09. The van der Waals surface area contributed by atoms with E-state index in [-0.39, 0.29) is 28.1 Å². The molecule has 0 aliphatic carbocycles. The molecule has 1 atom stereocenters. The summed E-state index contributed by atoms with van der Waals surface area (Å²) in [5, 5.41) is 3.16. The van der Waals surface area contributed by atoms with Gasteiger partial charge < -0.3 is 10.1 Å². The Morgan fingerprint density at radius 2 is 1.70 bits per heavy atom. The van der Waals surface area contributed by atoms with Crippen molar-refractivity contribution in [2.75, 3.05) is 12.0 Å². The highest BCUT2D eigenvalue weighted by Gasteiger charge is 2.42. The minimum absolute atomic E-state index is 0.0171. The number of nitrogens with zero attached hydrogens (tertiary/aromatic N) is 2. The summed E-state index contributed by atoms with van der Waals surface area (Å²) >= 11 is 6.67. The Labute approximate surface area is 251 Å². The van der Waals surface area contributed by atoms with Crippen LogP contribution in [-0.4, -0.2) is 29.4 Å². The number of aromatic nitrogens is 1. The lowest BCUT2D eigenvalue weighted by molar-refractivity contribution is -0.137. The van der Waals surface area contributed by atoms with Gasteiger partial charge in [-0.1, -0.05) is 23.7 Å². The smallest absolute Gasteiger partial charge is 0.418 e. The van der Waals surface area contributed by atoms with Gasteiger partial charge >= 0.3 is 6.18 Å². The number of carbonyl (C=O) groups excluding carboxylic acids is 2. The van der Waals surface area contributed by atoms with Crippen LogP contribution >= 0.6 is 11.6 Å². The van der Waals surface area contributed by atoms with Crippen LogP contribution in [0.5, 0.6) is 5.75 Å². The number of fused-ring (bicyclic) bond motifs is 1. The molecular weight excluding hydrogens is 586 g/mol. The number of aryl methyl sites for hydroxylation is 2. The molecule has 0 saturated carbocycles. The van der Waals surface area contributed by atoms with Crippen LogP contribution in [0.4, 0.5) is 23.2 Å². The third kappa shape index (κ3) is 6.91. The Hall–Kier alpha value is -4.18. The fraction of sp³-hybridized carbons (Fsp3) is 0.281. The molecule has 0 radical (unpaired) electrons. The second kappa shape index (κ2) is 11.8. The summed E-state index contributed by atoms with van der Waals surface area (Å²) in [7, 11) is 1.37. The van der Waals surface area contributed by atoms with Crippen LogP contribution in [0.15, 0.2) is 60.7 Å². The monoisotopic (exact) mass is 615 g/mol. The van der Waals surface area contributed by atoms with Crippen molar-refractivity contribution in [1.29, 1.82) is 0 Å². The quantitative estimate of drug-likeness (QED) is 0.176. The third-order valence-corrected chi connectivity index (χ3v) is 6.93. The maximum atomic E-state index is 14.4. The number of anilines is 1. The van der Waals surface area contributed by atoms with Gasteiger partial charge in [0.2, 0.25) is 5.91 Å². The molecule has 1 unspecified atom stereocenters. The van der Waals surface area contributed by atoms with Gasteiger partial charge in [-0.15, -0.1) is 0 Å². The highest BCUT2D eigenvalue weighted by molar-refractivity contribution is 6.31. The average Bonchev–Trinajstić information content (AvgIpc) is 2.90. The Morgan fingerprint density at radius 3 is 2.33 bits per heavy atom. The second-order valence-corrected chi connectivity index (χ2v) is 11.6. The molecule has 1 N–H and O–H groups in total. The summed E-state index contributed by atoms with van der Waals surface area (Å²) in [5.41, 5.74) is -0.970. The van der Waals surface area contributed by atoms with Crippen LogP contribution in [0, 0.1) is 19.7 Å².